The summed E-state index contributed by atoms with van der Waals surface area (Å²) in [5, 5.41) is 0. The van der Waals surface area contributed by atoms with Gasteiger partial charge in [-0.2, -0.15) is 0 Å². The van der Waals surface area contributed by atoms with Crippen molar-refractivity contribution in [3.05, 3.63) is 65.2 Å². The highest BCUT2D eigenvalue weighted by atomic mass is 16.5. The molecule has 3 rings (SSSR count). The Labute approximate surface area is 221 Å². The second-order valence-corrected chi connectivity index (χ2v) is 10.1. The lowest BCUT2D eigenvalue weighted by Crippen LogP contribution is -2.24. The maximum atomic E-state index is 12.6. The molecule has 37 heavy (non-hydrogen) atoms. The fourth-order valence-electron chi connectivity index (χ4n) is 4.81. The van der Waals surface area contributed by atoms with Gasteiger partial charge in [0.1, 0.15) is 12.7 Å². The Bertz CT molecular complexity index is 1020. The van der Waals surface area contributed by atoms with Crippen LogP contribution in [0.1, 0.15) is 99.0 Å². The molecule has 6 nitrogen and oxygen atoms in total. The Morgan fingerprint density at radius 3 is 2.32 bits per heavy atom. The molecule has 1 fully saturated rings. The van der Waals surface area contributed by atoms with Gasteiger partial charge in [0.15, 0.2) is 0 Å². The molecule has 0 radical (unpaired) electrons. The molecule has 1 aliphatic rings. The highest BCUT2D eigenvalue weighted by molar-refractivity contribution is 5.90. The molecule has 6 heteroatoms. The zero-order valence-corrected chi connectivity index (χ0v) is 22.1. The van der Waals surface area contributed by atoms with Crippen molar-refractivity contribution in [3.8, 4) is 0 Å². The summed E-state index contributed by atoms with van der Waals surface area (Å²) in [5.74, 6) is 0.0185. The van der Waals surface area contributed by atoms with Crippen molar-refractivity contribution in [2.45, 2.75) is 90.3 Å². The van der Waals surface area contributed by atoms with Crippen LogP contribution in [-0.4, -0.2) is 18.0 Å². The average Bonchev–Trinajstić information content (AvgIpc) is 2.90. The summed E-state index contributed by atoms with van der Waals surface area (Å²) >= 11 is 0. The number of benzene rings is 2. The normalized spacial score (nSPS) is 17.5. The number of nitrogen functional groups attached to an aromatic ring is 2. The van der Waals surface area contributed by atoms with Crippen molar-refractivity contribution in [3.63, 3.8) is 0 Å². The summed E-state index contributed by atoms with van der Waals surface area (Å²) in [6.45, 7) is 2.32. The molecule has 0 atom stereocenters. The third-order valence-corrected chi connectivity index (χ3v) is 7.13. The van der Waals surface area contributed by atoms with Crippen molar-refractivity contribution >= 4 is 29.4 Å². The maximum Gasteiger partial charge on any atom is 0.338 e. The molecule has 1 saturated carbocycles. The first-order chi connectivity index (χ1) is 17.9. The van der Waals surface area contributed by atoms with E-state index in [0.29, 0.717) is 22.5 Å². The van der Waals surface area contributed by atoms with Crippen LogP contribution in [0.3, 0.4) is 0 Å². The predicted molar refractivity (Wildman–Crippen MR) is 150 cm³/mol. The Morgan fingerprint density at radius 2 is 1.62 bits per heavy atom. The van der Waals surface area contributed by atoms with E-state index in [1.807, 2.05) is 0 Å². The second kappa shape index (κ2) is 15.1. The summed E-state index contributed by atoms with van der Waals surface area (Å²) in [4.78, 5) is 24.7. The minimum atomic E-state index is -0.480. The highest BCUT2D eigenvalue weighted by Crippen LogP contribution is 2.30. The lowest BCUT2D eigenvalue weighted by Gasteiger charge is -2.28. The maximum absolute atomic E-state index is 12.6. The fourth-order valence-corrected chi connectivity index (χ4v) is 4.81. The standard InChI is InChI=1S/C31H42N2O4/c1-2-3-4-5-6-7-8-23-11-18-28(19-12-23)37-31(35)25-14-9-24(10-15-25)13-20-30(34)36-22-26-16-17-27(32)21-29(26)33/h9-10,13-17,20-21,23,28H,2-8,11-12,18-19,22,32-33H2,1H3. The van der Waals surface area contributed by atoms with E-state index in [1.54, 1.807) is 48.5 Å². The molecule has 2 aromatic carbocycles. The summed E-state index contributed by atoms with van der Waals surface area (Å²) in [6.07, 6.45) is 16.6. The van der Waals surface area contributed by atoms with Crippen molar-refractivity contribution in [1.82, 2.24) is 0 Å². The van der Waals surface area contributed by atoms with Crippen LogP contribution in [0.5, 0.6) is 0 Å². The van der Waals surface area contributed by atoms with E-state index < -0.39 is 5.97 Å². The van der Waals surface area contributed by atoms with Gasteiger partial charge in [0, 0.05) is 23.0 Å². The van der Waals surface area contributed by atoms with Gasteiger partial charge in [0.25, 0.3) is 0 Å². The molecule has 0 bridgehead atoms. The van der Waals surface area contributed by atoms with E-state index in [0.717, 1.165) is 37.2 Å². The Kier molecular flexibility index (Phi) is 11.5. The Hall–Kier alpha value is -3.28. The van der Waals surface area contributed by atoms with Crippen LogP contribution in [0.2, 0.25) is 0 Å². The number of rotatable bonds is 13. The summed E-state index contributed by atoms with van der Waals surface area (Å²) in [7, 11) is 0. The SMILES string of the molecule is CCCCCCCCC1CCC(OC(=O)c2ccc(C=CC(=O)OCc3ccc(N)cc3N)cc2)CC1. The molecule has 0 aliphatic heterocycles. The minimum absolute atomic E-state index is 0.0118. The van der Waals surface area contributed by atoms with Crippen LogP contribution in [0.4, 0.5) is 11.4 Å². The molecule has 0 aromatic heterocycles. The molecule has 4 N–H and O–H groups in total. The van der Waals surface area contributed by atoms with Gasteiger partial charge in [-0.15, -0.1) is 0 Å². The number of nitrogens with two attached hydrogens (primary N) is 2. The number of ether oxygens (including phenoxy) is 2. The molecule has 2 aromatic rings. The second-order valence-electron chi connectivity index (χ2n) is 10.1. The van der Waals surface area contributed by atoms with Crippen molar-refractivity contribution < 1.29 is 19.1 Å². The van der Waals surface area contributed by atoms with Crippen LogP contribution in [0.25, 0.3) is 6.08 Å². The van der Waals surface area contributed by atoms with Gasteiger partial charge in [0.05, 0.1) is 5.56 Å². The van der Waals surface area contributed by atoms with Crippen molar-refractivity contribution in [1.29, 1.82) is 0 Å². The average molecular weight is 507 g/mol. The zero-order valence-electron chi connectivity index (χ0n) is 22.1. The van der Waals surface area contributed by atoms with Gasteiger partial charge in [-0.1, -0.05) is 70.1 Å². The molecule has 0 unspecified atom stereocenters. The van der Waals surface area contributed by atoms with Crippen molar-refractivity contribution in [2.75, 3.05) is 11.5 Å². The van der Waals surface area contributed by atoms with Gasteiger partial charge in [-0.05, 0) is 67.5 Å². The number of hydrogen-bond acceptors (Lipinski definition) is 6. The van der Waals surface area contributed by atoms with Crippen LogP contribution < -0.4 is 11.5 Å². The zero-order chi connectivity index (χ0) is 26.5. The molecular weight excluding hydrogens is 464 g/mol. The summed E-state index contributed by atoms with van der Waals surface area (Å²) < 4.78 is 11.0. The number of carbonyl (C=O) groups is 2. The molecule has 0 amide bonds. The first-order valence-corrected chi connectivity index (χ1v) is 13.7. The first kappa shape index (κ1) is 28.3. The smallest absolute Gasteiger partial charge is 0.338 e. The van der Waals surface area contributed by atoms with E-state index in [4.69, 9.17) is 20.9 Å². The van der Waals surface area contributed by atoms with E-state index >= 15 is 0 Å². The van der Waals surface area contributed by atoms with Gasteiger partial charge < -0.3 is 20.9 Å². The van der Waals surface area contributed by atoms with Gasteiger partial charge in [-0.3, -0.25) is 0 Å². The topological polar surface area (TPSA) is 105 Å². The van der Waals surface area contributed by atoms with Crippen LogP contribution in [0, 0.1) is 5.92 Å². The van der Waals surface area contributed by atoms with Gasteiger partial charge >= 0.3 is 11.9 Å². The van der Waals surface area contributed by atoms with E-state index in [-0.39, 0.29) is 18.7 Å². The van der Waals surface area contributed by atoms with E-state index in [2.05, 4.69) is 6.92 Å². The van der Waals surface area contributed by atoms with Crippen LogP contribution in [0.15, 0.2) is 48.5 Å². The van der Waals surface area contributed by atoms with Crippen LogP contribution in [-0.2, 0) is 20.9 Å². The molecule has 1 aliphatic carbocycles. The molecule has 200 valence electrons. The number of anilines is 2. The molecular formula is C31H42N2O4. The molecule has 0 spiro atoms. The van der Waals surface area contributed by atoms with Crippen LogP contribution >= 0.6 is 0 Å². The number of unbranched alkanes of at least 4 members (excludes halogenated alkanes) is 5. The first-order valence-electron chi connectivity index (χ1n) is 13.7. The van der Waals surface area contributed by atoms with Gasteiger partial charge in [-0.25, -0.2) is 9.59 Å². The Morgan fingerprint density at radius 1 is 0.919 bits per heavy atom. The Balaban J connectivity index is 1.36. The lowest BCUT2D eigenvalue weighted by atomic mass is 9.84. The summed E-state index contributed by atoms with van der Waals surface area (Å²) in [6, 6.07) is 12.1. The van der Waals surface area contributed by atoms with E-state index in [1.165, 1.54) is 51.0 Å². The molecule has 0 saturated heterocycles. The third-order valence-electron chi connectivity index (χ3n) is 7.13. The largest absolute Gasteiger partial charge is 0.459 e. The highest BCUT2D eigenvalue weighted by Gasteiger charge is 2.24. The number of esters is 2. The van der Waals surface area contributed by atoms with Crippen molar-refractivity contribution in [2.24, 2.45) is 5.92 Å². The number of hydrogen-bond donors (Lipinski definition) is 2. The minimum Gasteiger partial charge on any atom is -0.459 e. The monoisotopic (exact) mass is 506 g/mol. The predicted octanol–water partition coefficient (Wildman–Crippen LogP) is 7.07. The number of carbonyl (C=O) groups excluding carboxylic acids is 2. The molecule has 0 heterocycles. The lowest BCUT2D eigenvalue weighted by molar-refractivity contribution is -0.138. The fraction of sp³-hybridized carbons (Fsp3) is 0.484. The third kappa shape index (κ3) is 9.95. The summed E-state index contributed by atoms with van der Waals surface area (Å²) in [5.41, 5.74) is 14.6. The van der Waals surface area contributed by atoms with E-state index in [9.17, 15) is 9.59 Å². The quantitative estimate of drug-likeness (QED) is 0.130. The van der Waals surface area contributed by atoms with Gasteiger partial charge in [0.2, 0.25) is 0 Å².